The van der Waals surface area contributed by atoms with Gasteiger partial charge in [0.05, 0.1) is 6.04 Å². The van der Waals surface area contributed by atoms with Gasteiger partial charge in [-0.25, -0.2) is 4.79 Å². The van der Waals surface area contributed by atoms with E-state index in [2.05, 4.69) is 31.1 Å². The van der Waals surface area contributed by atoms with Crippen LogP contribution >= 0.6 is 0 Å². The third-order valence-corrected chi connectivity index (χ3v) is 5.64. The maximum atomic E-state index is 12.9. The van der Waals surface area contributed by atoms with E-state index in [0.29, 0.717) is 12.0 Å². The van der Waals surface area contributed by atoms with E-state index >= 15 is 0 Å². The number of urea groups is 1. The Morgan fingerprint density at radius 2 is 2.04 bits per heavy atom. The van der Waals surface area contributed by atoms with Gasteiger partial charge < -0.3 is 15.0 Å². The maximum absolute atomic E-state index is 12.9. The highest BCUT2D eigenvalue weighted by atomic mass is 16.5. The van der Waals surface area contributed by atoms with Crippen LogP contribution in [0.4, 0.5) is 4.79 Å². The Bertz CT molecular complexity index is 555. The van der Waals surface area contributed by atoms with Crippen molar-refractivity contribution in [2.24, 2.45) is 11.3 Å². The topological polar surface area (TPSA) is 54.5 Å². The summed E-state index contributed by atoms with van der Waals surface area (Å²) >= 11 is 0. The number of carbonyl (C=O) groups excluding carboxylic acids is 1. The fraction of sp³-hybridized carbons (Fsp3) is 0.684. The summed E-state index contributed by atoms with van der Waals surface area (Å²) in [4.78, 5) is 19.0. The lowest BCUT2D eigenvalue weighted by Crippen LogP contribution is -2.71. The van der Waals surface area contributed by atoms with Crippen LogP contribution in [0, 0.1) is 11.3 Å². The van der Waals surface area contributed by atoms with E-state index in [9.17, 15) is 4.79 Å². The van der Waals surface area contributed by atoms with Gasteiger partial charge in [0.2, 0.25) is 0 Å². The van der Waals surface area contributed by atoms with E-state index in [1.807, 2.05) is 17.0 Å². The van der Waals surface area contributed by atoms with Gasteiger partial charge in [-0.15, -0.1) is 0 Å². The first-order chi connectivity index (χ1) is 11.6. The van der Waals surface area contributed by atoms with Gasteiger partial charge in [0.15, 0.2) is 0 Å². The summed E-state index contributed by atoms with van der Waals surface area (Å²) in [5, 5.41) is 3.22. The quantitative estimate of drug-likeness (QED) is 0.920. The Morgan fingerprint density at radius 1 is 1.38 bits per heavy atom. The number of aromatic nitrogens is 1. The van der Waals surface area contributed by atoms with Gasteiger partial charge in [-0.1, -0.05) is 20.8 Å². The van der Waals surface area contributed by atoms with Crippen molar-refractivity contribution in [1.29, 1.82) is 0 Å². The van der Waals surface area contributed by atoms with E-state index in [0.717, 1.165) is 44.6 Å². The largest absolute Gasteiger partial charge is 0.381 e. The molecule has 0 aliphatic carbocycles. The second-order valence-corrected chi connectivity index (χ2v) is 7.48. The van der Waals surface area contributed by atoms with Crippen molar-refractivity contribution in [3.8, 4) is 0 Å². The molecule has 1 aromatic rings. The molecule has 1 N–H and O–H groups in total. The molecular weight excluding hydrogens is 302 g/mol. The molecule has 2 saturated heterocycles. The Morgan fingerprint density at radius 3 is 2.62 bits per heavy atom. The molecule has 2 unspecified atom stereocenters. The van der Waals surface area contributed by atoms with Crippen molar-refractivity contribution in [3.63, 3.8) is 0 Å². The lowest BCUT2D eigenvalue weighted by molar-refractivity contribution is -0.125. The van der Waals surface area contributed by atoms with E-state index < -0.39 is 0 Å². The average molecular weight is 331 g/mol. The average Bonchev–Trinajstić information content (AvgIpc) is 2.58. The molecule has 2 amide bonds. The number of ether oxygens (including phenoxy) is 1. The molecule has 2 aliphatic heterocycles. The smallest absolute Gasteiger partial charge is 0.318 e. The highest BCUT2D eigenvalue weighted by Gasteiger charge is 2.55. The summed E-state index contributed by atoms with van der Waals surface area (Å²) in [6, 6.07) is 4.37. The standard InChI is InChI=1S/C19H29N3O2/c1-4-16(15-5-9-20-10-6-15)21-18(23)22-13-19(17(22)14(2)3)7-11-24-12-8-19/h5-6,9-10,14,16-17H,4,7-8,11-13H2,1-3H3,(H,21,23). The predicted molar refractivity (Wildman–Crippen MR) is 93.6 cm³/mol. The first-order valence-corrected chi connectivity index (χ1v) is 9.12. The zero-order valence-electron chi connectivity index (χ0n) is 15.0. The third-order valence-electron chi connectivity index (χ3n) is 5.64. The second-order valence-electron chi connectivity index (χ2n) is 7.48. The molecule has 1 spiro atoms. The summed E-state index contributed by atoms with van der Waals surface area (Å²) in [6.07, 6.45) is 6.57. The molecule has 5 heteroatoms. The van der Waals surface area contributed by atoms with Gasteiger partial charge in [-0.05, 0) is 42.9 Å². The minimum absolute atomic E-state index is 0.0413. The van der Waals surface area contributed by atoms with Crippen molar-refractivity contribution >= 4 is 6.03 Å². The van der Waals surface area contributed by atoms with Crippen LogP contribution in [0.1, 0.15) is 51.6 Å². The molecule has 2 fully saturated rings. The molecule has 0 aromatic carbocycles. The number of nitrogens with zero attached hydrogens (tertiary/aromatic N) is 2. The maximum Gasteiger partial charge on any atom is 0.318 e. The van der Waals surface area contributed by atoms with Gasteiger partial charge in [-0.3, -0.25) is 4.98 Å². The van der Waals surface area contributed by atoms with Crippen LogP contribution in [0.25, 0.3) is 0 Å². The minimum atomic E-state index is 0.0413. The summed E-state index contributed by atoms with van der Waals surface area (Å²) in [5.41, 5.74) is 1.38. The Balaban J connectivity index is 1.68. The molecule has 2 atom stereocenters. The summed E-state index contributed by atoms with van der Waals surface area (Å²) in [7, 11) is 0. The fourth-order valence-corrected chi connectivity index (χ4v) is 4.50. The summed E-state index contributed by atoms with van der Waals surface area (Å²) < 4.78 is 5.54. The Kier molecular flexibility index (Phi) is 5.09. The van der Waals surface area contributed by atoms with E-state index in [4.69, 9.17) is 4.74 Å². The van der Waals surface area contributed by atoms with E-state index in [1.165, 1.54) is 0 Å². The molecular formula is C19H29N3O2. The molecule has 5 nitrogen and oxygen atoms in total. The number of nitrogens with one attached hydrogen (secondary N) is 1. The van der Waals surface area contributed by atoms with Gasteiger partial charge >= 0.3 is 6.03 Å². The van der Waals surface area contributed by atoms with Crippen molar-refractivity contribution in [3.05, 3.63) is 30.1 Å². The van der Waals surface area contributed by atoms with Crippen molar-refractivity contribution < 1.29 is 9.53 Å². The molecule has 3 rings (SSSR count). The normalized spacial score (nSPS) is 23.8. The highest BCUT2D eigenvalue weighted by Crippen LogP contribution is 2.48. The number of pyridine rings is 1. The lowest BCUT2D eigenvalue weighted by Gasteiger charge is -2.60. The molecule has 2 aliphatic rings. The Labute approximate surface area is 144 Å². The second kappa shape index (κ2) is 7.09. The monoisotopic (exact) mass is 331 g/mol. The van der Waals surface area contributed by atoms with E-state index in [-0.39, 0.29) is 17.5 Å². The van der Waals surface area contributed by atoms with Crippen LogP contribution in [-0.4, -0.2) is 41.7 Å². The number of amides is 2. The molecule has 1 aromatic heterocycles. The van der Waals surface area contributed by atoms with Crippen molar-refractivity contribution in [2.45, 2.75) is 52.1 Å². The fourth-order valence-electron chi connectivity index (χ4n) is 4.50. The zero-order chi connectivity index (χ0) is 17.2. The van der Waals surface area contributed by atoms with Crippen molar-refractivity contribution in [2.75, 3.05) is 19.8 Å². The SMILES string of the molecule is CCC(NC(=O)N1CC2(CCOCC2)C1C(C)C)c1ccncc1. The first-order valence-electron chi connectivity index (χ1n) is 9.12. The summed E-state index contributed by atoms with van der Waals surface area (Å²) in [5.74, 6) is 0.462. The molecule has 132 valence electrons. The zero-order valence-corrected chi connectivity index (χ0v) is 15.0. The van der Waals surface area contributed by atoms with Gasteiger partial charge in [0.1, 0.15) is 0 Å². The number of likely N-dealkylation sites (tertiary alicyclic amines) is 1. The van der Waals surface area contributed by atoms with Crippen molar-refractivity contribution in [1.82, 2.24) is 15.2 Å². The van der Waals surface area contributed by atoms with Crippen LogP contribution in [0.15, 0.2) is 24.5 Å². The predicted octanol–water partition coefficient (Wildman–Crippen LogP) is 3.38. The number of hydrogen-bond donors (Lipinski definition) is 1. The van der Waals surface area contributed by atoms with Crippen LogP contribution < -0.4 is 5.32 Å². The van der Waals surface area contributed by atoms with Gasteiger partial charge in [0.25, 0.3) is 0 Å². The van der Waals surface area contributed by atoms with E-state index in [1.54, 1.807) is 12.4 Å². The molecule has 0 radical (unpaired) electrons. The third kappa shape index (κ3) is 3.14. The highest BCUT2D eigenvalue weighted by molar-refractivity contribution is 5.76. The van der Waals surface area contributed by atoms with Crippen LogP contribution in [-0.2, 0) is 4.74 Å². The number of rotatable bonds is 4. The molecule has 3 heterocycles. The minimum Gasteiger partial charge on any atom is -0.381 e. The number of carbonyl (C=O) groups is 1. The molecule has 24 heavy (non-hydrogen) atoms. The lowest BCUT2D eigenvalue weighted by atomic mass is 9.63. The van der Waals surface area contributed by atoms with Crippen LogP contribution in [0.2, 0.25) is 0 Å². The summed E-state index contributed by atoms with van der Waals surface area (Å²) in [6.45, 7) is 9.06. The first kappa shape index (κ1) is 17.2. The van der Waals surface area contributed by atoms with Crippen LogP contribution in [0.3, 0.4) is 0 Å². The molecule has 0 bridgehead atoms. The van der Waals surface area contributed by atoms with Gasteiger partial charge in [-0.2, -0.15) is 0 Å². The number of hydrogen-bond acceptors (Lipinski definition) is 3. The molecule has 0 saturated carbocycles. The van der Waals surface area contributed by atoms with Gasteiger partial charge in [0, 0.05) is 43.6 Å². The van der Waals surface area contributed by atoms with Crippen LogP contribution in [0.5, 0.6) is 0 Å². The Hall–Kier alpha value is -1.62.